The van der Waals surface area contributed by atoms with Crippen molar-refractivity contribution in [2.75, 3.05) is 45.2 Å². The Bertz CT molecular complexity index is 290. The molecule has 0 aromatic rings. The second kappa shape index (κ2) is 6.76. The summed E-state index contributed by atoms with van der Waals surface area (Å²) in [7, 11) is -1.26. The fraction of sp³-hybridized carbons (Fsp3) is 0.875. The first-order valence-corrected chi connectivity index (χ1v) is 6.74. The summed E-state index contributed by atoms with van der Waals surface area (Å²) in [6.45, 7) is 1.39. The Hall–Kier alpha value is -0.660. The number of amides is 1. The predicted molar refractivity (Wildman–Crippen MR) is 59.3 cm³/mol. The van der Waals surface area contributed by atoms with Crippen molar-refractivity contribution >= 4 is 15.7 Å². The van der Waals surface area contributed by atoms with Gasteiger partial charge in [0.05, 0.1) is 12.3 Å². The Morgan fingerprint density at radius 1 is 1.47 bits per heavy atom. The van der Waals surface area contributed by atoms with Crippen LogP contribution in [0.3, 0.4) is 0 Å². The molecule has 0 aromatic heterocycles. The van der Waals surface area contributed by atoms with Gasteiger partial charge in [-0.1, -0.05) is 0 Å². The lowest BCUT2D eigenvalue weighted by atomic mass is 10.5. The molecule has 6 nitrogen and oxygen atoms in total. The zero-order valence-electron chi connectivity index (χ0n) is 9.19. The van der Waals surface area contributed by atoms with E-state index in [0.717, 1.165) is 0 Å². The van der Waals surface area contributed by atoms with Crippen LogP contribution in [0, 0.1) is 0 Å². The van der Waals surface area contributed by atoms with Crippen molar-refractivity contribution in [3.63, 3.8) is 0 Å². The van der Waals surface area contributed by atoms with E-state index in [0.29, 0.717) is 19.6 Å². The highest BCUT2D eigenvalue weighted by atomic mass is 32.2. The van der Waals surface area contributed by atoms with Gasteiger partial charge < -0.3 is 11.1 Å². The molecular formula is C8H19N3O3S. The van der Waals surface area contributed by atoms with E-state index >= 15 is 0 Å². The molecule has 0 unspecified atom stereocenters. The SMILES string of the molecule is CN(CCS(C)(=O)=O)CC(=O)NCCN. The maximum absolute atomic E-state index is 11.2. The number of rotatable bonds is 7. The van der Waals surface area contributed by atoms with Crippen molar-refractivity contribution in [2.24, 2.45) is 5.73 Å². The Labute approximate surface area is 90.7 Å². The number of hydrogen-bond donors (Lipinski definition) is 2. The number of hydrogen-bond acceptors (Lipinski definition) is 5. The van der Waals surface area contributed by atoms with Crippen LogP contribution in [-0.4, -0.2) is 64.5 Å². The molecule has 0 rings (SSSR count). The summed E-state index contributed by atoms with van der Waals surface area (Å²) in [5, 5.41) is 2.61. The Balaban J connectivity index is 3.74. The summed E-state index contributed by atoms with van der Waals surface area (Å²) < 4.78 is 21.7. The summed E-state index contributed by atoms with van der Waals surface area (Å²) in [5.74, 6) is -0.0790. The molecule has 0 aliphatic carbocycles. The van der Waals surface area contributed by atoms with Crippen LogP contribution in [0.4, 0.5) is 0 Å². The van der Waals surface area contributed by atoms with Crippen molar-refractivity contribution in [1.82, 2.24) is 10.2 Å². The second-order valence-corrected chi connectivity index (χ2v) is 5.77. The van der Waals surface area contributed by atoms with E-state index in [1.165, 1.54) is 6.26 Å². The van der Waals surface area contributed by atoms with E-state index in [1.54, 1.807) is 11.9 Å². The van der Waals surface area contributed by atoms with Crippen LogP contribution < -0.4 is 11.1 Å². The van der Waals surface area contributed by atoms with Crippen molar-refractivity contribution in [3.8, 4) is 0 Å². The van der Waals surface area contributed by atoms with Crippen molar-refractivity contribution < 1.29 is 13.2 Å². The quantitative estimate of drug-likeness (QED) is 0.536. The molecule has 90 valence electrons. The minimum absolute atomic E-state index is 0.0632. The maximum atomic E-state index is 11.2. The molecule has 0 aliphatic heterocycles. The first-order valence-electron chi connectivity index (χ1n) is 4.68. The number of carbonyl (C=O) groups excluding carboxylic acids is 1. The van der Waals surface area contributed by atoms with Gasteiger partial charge in [-0.05, 0) is 7.05 Å². The molecule has 0 radical (unpaired) electrons. The molecule has 0 heterocycles. The van der Waals surface area contributed by atoms with E-state index in [1.807, 2.05) is 0 Å². The van der Waals surface area contributed by atoms with Gasteiger partial charge in [0, 0.05) is 25.9 Å². The first kappa shape index (κ1) is 14.3. The maximum Gasteiger partial charge on any atom is 0.234 e. The first-order chi connectivity index (χ1) is 6.85. The summed E-state index contributed by atoms with van der Waals surface area (Å²) in [6.07, 6.45) is 1.18. The summed E-state index contributed by atoms with van der Waals surface area (Å²) >= 11 is 0. The van der Waals surface area contributed by atoms with Crippen molar-refractivity contribution in [3.05, 3.63) is 0 Å². The minimum Gasteiger partial charge on any atom is -0.354 e. The van der Waals surface area contributed by atoms with Gasteiger partial charge in [0.2, 0.25) is 5.91 Å². The van der Waals surface area contributed by atoms with E-state index in [-0.39, 0.29) is 18.2 Å². The molecule has 15 heavy (non-hydrogen) atoms. The summed E-state index contributed by atoms with van der Waals surface area (Å²) in [5.41, 5.74) is 5.22. The fourth-order valence-corrected chi connectivity index (χ4v) is 1.56. The molecule has 0 aromatic carbocycles. The van der Waals surface area contributed by atoms with Crippen molar-refractivity contribution in [2.45, 2.75) is 0 Å². The monoisotopic (exact) mass is 237 g/mol. The smallest absolute Gasteiger partial charge is 0.234 e. The molecule has 7 heteroatoms. The number of nitrogens with two attached hydrogens (primary N) is 1. The normalized spacial score (nSPS) is 11.7. The Kier molecular flexibility index (Phi) is 6.46. The third-order valence-electron chi connectivity index (χ3n) is 1.72. The molecule has 0 saturated carbocycles. The molecule has 0 aliphatic rings. The van der Waals surface area contributed by atoms with Gasteiger partial charge in [-0.15, -0.1) is 0 Å². The van der Waals surface area contributed by atoms with Crippen LogP contribution in [0.25, 0.3) is 0 Å². The number of nitrogens with one attached hydrogen (secondary N) is 1. The molecule has 0 atom stereocenters. The number of likely N-dealkylation sites (N-methyl/N-ethyl adjacent to an activating group) is 1. The molecule has 0 fully saturated rings. The second-order valence-electron chi connectivity index (χ2n) is 3.51. The predicted octanol–water partition coefficient (Wildman–Crippen LogP) is -1.96. The molecule has 0 saturated heterocycles. The zero-order valence-corrected chi connectivity index (χ0v) is 10.0. The zero-order chi connectivity index (χ0) is 11.9. The third-order valence-corrected chi connectivity index (χ3v) is 2.65. The van der Waals surface area contributed by atoms with Crippen molar-refractivity contribution in [1.29, 1.82) is 0 Å². The summed E-state index contributed by atoms with van der Waals surface area (Å²) in [6, 6.07) is 0. The van der Waals surface area contributed by atoms with Crippen LogP contribution in [0.2, 0.25) is 0 Å². The highest BCUT2D eigenvalue weighted by Gasteiger charge is 2.08. The minimum atomic E-state index is -2.97. The van der Waals surface area contributed by atoms with Crippen LogP contribution in [0.15, 0.2) is 0 Å². The van der Waals surface area contributed by atoms with Gasteiger partial charge in [-0.25, -0.2) is 8.42 Å². The van der Waals surface area contributed by atoms with Gasteiger partial charge in [0.15, 0.2) is 0 Å². The molecule has 3 N–H and O–H groups in total. The average molecular weight is 237 g/mol. The highest BCUT2D eigenvalue weighted by molar-refractivity contribution is 7.90. The van der Waals surface area contributed by atoms with E-state index < -0.39 is 9.84 Å². The van der Waals surface area contributed by atoms with Gasteiger partial charge in [-0.2, -0.15) is 0 Å². The third kappa shape index (κ3) is 9.64. The van der Waals surface area contributed by atoms with Crippen LogP contribution >= 0.6 is 0 Å². The van der Waals surface area contributed by atoms with Gasteiger partial charge in [-0.3, -0.25) is 9.69 Å². The number of sulfone groups is 1. The number of nitrogens with zero attached hydrogens (tertiary/aromatic N) is 1. The lowest BCUT2D eigenvalue weighted by Crippen LogP contribution is -2.38. The van der Waals surface area contributed by atoms with Crippen LogP contribution in [0.1, 0.15) is 0 Å². The standard InChI is InChI=1S/C8H19N3O3S/c1-11(5-6-15(2,13)14)7-8(12)10-4-3-9/h3-7,9H2,1-2H3,(H,10,12). The largest absolute Gasteiger partial charge is 0.354 e. The lowest BCUT2D eigenvalue weighted by molar-refractivity contribution is -0.121. The van der Waals surface area contributed by atoms with Crippen LogP contribution in [0.5, 0.6) is 0 Å². The average Bonchev–Trinajstić information content (AvgIpc) is 2.10. The molecular weight excluding hydrogens is 218 g/mol. The number of carbonyl (C=O) groups is 1. The molecule has 0 spiro atoms. The summed E-state index contributed by atoms with van der Waals surface area (Å²) in [4.78, 5) is 12.8. The Morgan fingerprint density at radius 2 is 2.07 bits per heavy atom. The van der Waals surface area contributed by atoms with Crippen LogP contribution in [-0.2, 0) is 14.6 Å². The van der Waals surface area contributed by atoms with Gasteiger partial charge in [0.25, 0.3) is 0 Å². The highest BCUT2D eigenvalue weighted by Crippen LogP contribution is 1.87. The fourth-order valence-electron chi connectivity index (χ4n) is 0.913. The lowest BCUT2D eigenvalue weighted by Gasteiger charge is -2.15. The van der Waals surface area contributed by atoms with E-state index in [2.05, 4.69) is 5.32 Å². The Morgan fingerprint density at radius 3 is 2.53 bits per heavy atom. The van der Waals surface area contributed by atoms with Gasteiger partial charge in [0.1, 0.15) is 9.84 Å². The van der Waals surface area contributed by atoms with E-state index in [9.17, 15) is 13.2 Å². The topological polar surface area (TPSA) is 92.5 Å². The van der Waals surface area contributed by atoms with Gasteiger partial charge >= 0.3 is 0 Å². The van der Waals surface area contributed by atoms with E-state index in [4.69, 9.17) is 5.73 Å². The molecule has 1 amide bonds. The molecule has 0 bridgehead atoms.